The zero-order valence-corrected chi connectivity index (χ0v) is 18.4. The summed E-state index contributed by atoms with van der Waals surface area (Å²) >= 11 is 6.10. The second kappa shape index (κ2) is 8.60. The number of aromatic nitrogens is 3. The van der Waals surface area contributed by atoms with Gasteiger partial charge in [-0.1, -0.05) is 31.5 Å². The van der Waals surface area contributed by atoms with Crippen LogP contribution in [0.5, 0.6) is 0 Å². The summed E-state index contributed by atoms with van der Waals surface area (Å²) in [6.45, 7) is 4.39. The van der Waals surface area contributed by atoms with Crippen molar-refractivity contribution >= 4 is 52.5 Å². The van der Waals surface area contributed by atoms with Gasteiger partial charge < -0.3 is 15.7 Å². The summed E-state index contributed by atoms with van der Waals surface area (Å²) in [5.74, 6) is 0.446. The summed E-state index contributed by atoms with van der Waals surface area (Å²) in [6, 6.07) is 9.06. The Bertz CT molecular complexity index is 1230. The zero-order valence-electron chi connectivity index (χ0n) is 17.6. The van der Waals surface area contributed by atoms with Crippen molar-refractivity contribution in [3.63, 3.8) is 0 Å². The average molecular weight is 455 g/mol. The molecule has 1 aliphatic heterocycles. The number of halogens is 1. The molecule has 0 unspecified atom stereocenters. The Morgan fingerprint density at radius 1 is 1.31 bits per heavy atom. The number of anilines is 3. The number of hydrogen-bond donors (Lipinski definition) is 4. The molecular formula is C22H23ClN6O3. The molecule has 0 aliphatic carbocycles. The van der Waals surface area contributed by atoms with Gasteiger partial charge in [-0.05, 0) is 24.3 Å². The molecule has 4 rings (SSSR count). The van der Waals surface area contributed by atoms with Crippen molar-refractivity contribution in [3.8, 4) is 0 Å². The fraction of sp³-hybridized carbons (Fsp3) is 0.273. The zero-order chi connectivity index (χ0) is 22.9. The first-order chi connectivity index (χ1) is 15.2. The largest absolute Gasteiger partial charge is 0.396 e. The maximum Gasteiger partial charge on any atom is 0.254 e. The van der Waals surface area contributed by atoms with Crippen LogP contribution >= 0.6 is 11.6 Å². The lowest BCUT2D eigenvalue weighted by atomic mass is 9.95. The summed E-state index contributed by atoms with van der Waals surface area (Å²) in [7, 11) is 0. The van der Waals surface area contributed by atoms with Crippen LogP contribution in [0.15, 0.2) is 42.1 Å². The van der Waals surface area contributed by atoms with E-state index in [9.17, 15) is 14.7 Å². The quantitative estimate of drug-likeness (QED) is 0.320. The molecule has 2 aromatic heterocycles. The van der Waals surface area contributed by atoms with Gasteiger partial charge in [-0.15, -0.1) is 0 Å². The van der Waals surface area contributed by atoms with E-state index < -0.39 is 5.91 Å². The van der Waals surface area contributed by atoms with Crippen LogP contribution in [0.2, 0.25) is 5.02 Å². The number of benzene rings is 1. The van der Waals surface area contributed by atoms with Gasteiger partial charge in [-0.25, -0.2) is 4.98 Å². The van der Waals surface area contributed by atoms with Crippen LogP contribution in [-0.4, -0.2) is 44.7 Å². The molecule has 1 saturated heterocycles. The van der Waals surface area contributed by atoms with Gasteiger partial charge in [0.15, 0.2) is 5.65 Å². The van der Waals surface area contributed by atoms with Crippen LogP contribution in [0.1, 0.15) is 25.8 Å². The number of imide groups is 1. The van der Waals surface area contributed by atoms with Crippen LogP contribution in [0.25, 0.3) is 11.7 Å². The molecule has 4 N–H and O–H groups in total. The maximum atomic E-state index is 12.0. The first-order valence-corrected chi connectivity index (χ1v) is 10.4. The van der Waals surface area contributed by atoms with Gasteiger partial charge in [-0.3, -0.25) is 14.9 Å². The van der Waals surface area contributed by atoms with Crippen molar-refractivity contribution in [1.82, 2.24) is 19.9 Å². The SMILES string of the molecule is CC(C)(CO)CNc1cc(Nc2cccc(Cl)c2)nc2c(/C=C3\CC(=O)NC3=O)cnn12. The van der Waals surface area contributed by atoms with Crippen molar-refractivity contribution in [3.05, 3.63) is 52.7 Å². The topological polar surface area (TPSA) is 121 Å². The molecule has 1 aromatic carbocycles. The Labute approximate surface area is 189 Å². The number of nitrogens with zero attached hydrogens (tertiary/aromatic N) is 3. The van der Waals surface area contributed by atoms with Gasteiger partial charge in [0.25, 0.3) is 5.91 Å². The van der Waals surface area contributed by atoms with Gasteiger partial charge in [0.05, 0.1) is 12.6 Å². The molecule has 32 heavy (non-hydrogen) atoms. The third-order valence-corrected chi connectivity index (χ3v) is 5.23. The normalized spacial score (nSPS) is 15.4. The average Bonchev–Trinajstić information content (AvgIpc) is 3.29. The fourth-order valence-electron chi connectivity index (χ4n) is 3.18. The Morgan fingerprint density at radius 2 is 2.12 bits per heavy atom. The van der Waals surface area contributed by atoms with Crippen LogP contribution in [0.4, 0.5) is 17.3 Å². The second-order valence-corrected chi connectivity index (χ2v) is 8.83. The Hall–Kier alpha value is -3.43. The lowest BCUT2D eigenvalue weighted by Gasteiger charge is -2.23. The van der Waals surface area contributed by atoms with E-state index in [0.717, 1.165) is 5.69 Å². The van der Waals surface area contributed by atoms with E-state index in [-0.39, 0.29) is 24.3 Å². The highest BCUT2D eigenvalue weighted by Gasteiger charge is 2.24. The van der Waals surface area contributed by atoms with E-state index in [1.807, 2.05) is 26.0 Å². The molecule has 9 nitrogen and oxygen atoms in total. The number of carbonyl (C=O) groups is 2. The minimum absolute atomic E-state index is 0.0153. The molecule has 0 bridgehead atoms. The third-order valence-electron chi connectivity index (χ3n) is 5.00. The van der Waals surface area contributed by atoms with Crippen LogP contribution in [0, 0.1) is 5.41 Å². The highest BCUT2D eigenvalue weighted by Crippen LogP contribution is 2.26. The molecule has 166 valence electrons. The van der Waals surface area contributed by atoms with Crippen molar-refractivity contribution in [2.24, 2.45) is 5.41 Å². The van der Waals surface area contributed by atoms with E-state index in [1.54, 1.807) is 35.0 Å². The summed E-state index contributed by atoms with van der Waals surface area (Å²) in [5, 5.41) is 23.4. The molecule has 1 aliphatic rings. The van der Waals surface area contributed by atoms with Crippen molar-refractivity contribution in [2.75, 3.05) is 23.8 Å². The number of amides is 2. The van der Waals surface area contributed by atoms with Gasteiger partial charge in [-0.2, -0.15) is 9.61 Å². The van der Waals surface area contributed by atoms with E-state index in [0.29, 0.717) is 40.0 Å². The molecule has 0 spiro atoms. The van der Waals surface area contributed by atoms with E-state index in [2.05, 4.69) is 26.0 Å². The van der Waals surface area contributed by atoms with Gasteiger partial charge in [0.1, 0.15) is 11.6 Å². The highest BCUT2D eigenvalue weighted by molar-refractivity contribution is 6.30. The predicted octanol–water partition coefficient (Wildman–Crippen LogP) is 2.99. The van der Waals surface area contributed by atoms with Gasteiger partial charge >= 0.3 is 0 Å². The fourth-order valence-corrected chi connectivity index (χ4v) is 3.37. The maximum absolute atomic E-state index is 12.0. The molecule has 0 radical (unpaired) electrons. The van der Waals surface area contributed by atoms with E-state index >= 15 is 0 Å². The highest BCUT2D eigenvalue weighted by atomic mass is 35.5. The van der Waals surface area contributed by atoms with E-state index in [1.165, 1.54) is 0 Å². The minimum Gasteiger partial charge on any atom is -0.396 e. The number of carbonyl (C=O) groups excluding carboxylic acids is 2. The summed E-state index contributed by atoms with van der Waals surface area (Å²) in [6.07, 6.45) is 3.24. The lowest BCUT2D eigenvalue weighted by molar-refractivity contribution is -0.124. The summed E-state index contributed by atoms with van der Waals surface area (Å²) in [4.78, 5) is 28.2. The van der Waals surface area contributed by atoms with Gasteiger partial charge in [0, 0.05) is 46.5 Å². The minimum atomic E-state index is -0.411. The van der Waals surface area contributed by atoms with Gasteiger partial charge in [0.2, 0.25) is 5.91 Å². The lowest BCUT2D eigenvalue weighted by Crippen LogP contribution is -2.27. The standard InChI is InChI=1S/C22H23ClN6O3/c1-22(2,12-30)11-24-18-9-17(26-16-5-3-4-15(23)8-16)27-20-14(10-25-29(18)20)6-13-7-19(31)28-21(13)32/h3-6,8-10,24,30H,7,11-12H2,1-2H3,(H,26,27)(H,28,31,32)/b13-6+. The third kappa shape index (κ3) is 4.74. The van der Waals surface area contributed by atoms with Crippen molar-refractivity contribution in [2.45, 2.75) is 20.3 Å². The smallest absolute Gasteiger partial charge is 0.254 e. The molecule has 1 fully saturated rings. The molecule has 3 heterocycles. The number of fused-ring (bicyclic) bond motifs is 1. The number of aliphatic hydroxyl groups is 1. The Balaban J connectivity index is 1.76. The monoisotopic (exact) mass is 454 g/mol. The van der Waals surface area contributed by atoms with Crippen molar-refractivity contribution in [1.29, 1.82) is 0 Å². The number of hydrogen-bond acceptors (Lipinski definition) is 7. The molecule has 0 atom stereocenters. The second-order valence-electron chi connectivity index (χ2n) is 8.40. The predicted molar refractivity (Wildman–Crippen MR) is 123 cm³/mol. The Kier molecular flexibility index (Phi) is 5.86. The molecular weight excluding hydrogens is 432 g/mol. The summed E-state index contributed by atoms with van der Waals surface area (Å²) < 4.78 is 1.62. The molecule has 2 amide bonds. The number of nitrogens with one attached hydrogen (secondary N) is 3. The van der Waals surface area contributed by atoms with E-state index in [4.69, 9.17) is 11.6 Å². The first-order valence-electron chi connectivity index (χ1n) is 10.0. The molecule has 10 heteroatoms. The number of rotatable bonds is 7. The van der Waals surface area contributed by atoms with Crippen LogP contribution in [-0.2, 0) is 9.59 Å². The number of aliphatic hydroxyl groups excluding tert-OH is 1. The Morgan fingerprint density at radius 3 is 2.81 bits per heavy atom. The van der Waals surface area contributed by atoms with Crippen LogP contribution in [0.3, 0.4) is 0 Å². The summed E-state index contributed by atoms with van der Waals surface area (Å²) in [5.41, 5.74) is 1.87. The first kappa shape index (κ1) is 21.8. The van der Waals surface area contributed by atoms with Crippen LogP contribution < -0.4 is 16.0 Å². The van der Waals surface area contributed by atoms with Crippen molar-refractivity contribution < 1.29 is 14.7 Å². The molecule has 3 aromatic rings. The molecule has 0 saturated carbocycles.